The van der Waals surface area contributed by atoms with Crippen LogP contribution in [0.2, 0.25) is 5.02 Å². The molecule has 0 heterocycles. The van der Waals surface area contributed by atoms with E-state index in [1.54, 1.807) is 13.0 Å². The molecule has 1 unspecified atom stereocenters. The molecule has 1 aromatic rings. The van der Waals surface area contributed by atoms with Gasteiger partial charge in [-0.15, -0.1) is 0 Å². The highest BCUT2D eigenvalue weighted by Gasteiger charge is 2.28. The van der Waals surface area contributed by atoms with Crippen LogP contribution in [0.4, 0.5) is 4.39 Å². The summed E-state index contributed by atoms with van der Waals surface area (Å²) in [6.07, 6.45) is 0.522. The van der Waals surface area contributed by atoms with Gasteiger partial charge >= 0.3 is 0 Å². The van der Waals surface area contributed by atoms with Crippen LogP contribution >= 0.6 is 11.6 Å². The van der Waals surface area contributed by atoms with Crippen molar-refractivity contribution in [2.75, 3.05) is 19.8 Å². The van der Waals surface area contributed by atoms with Crippen molar-refractivity contribution in [3.05, 3.63) is 34.6 Å². The smallest absolute Gasteiger partial charge is 0.124 e. The number of hydrogen-bond donors (Lipinski definition) is 2. The third-order valence-corrected chi connectivity index (χ3v) is 2.93. The lowest BCUT2D eigenvalue weighted by Crippen LogP contribution is -2.35. The molecule has 3 nitrogen and oxygen atoms in total. The first-order valence-electron chi connectivity index (χ1n) is 5.44. The second-order valence-electron chi connectivity index (χ2n) is 3.98. The molecule has 0 aliphatic heterocycles. The Balaban J connectivity index is 2.90. The first-order chi connectivity index (χ1) is 8.03. The van der Waals surface area contributed by atoms with E-state index in [0.29, 0.717) is 23.6 Å². The minimum Gasteiger partial charge on any atom is -0.396 e. The molecule has 0 fully saturated rings. The average Bonchev–Trinajstić information content (AvgIpc) is 2.29. The lowest BCUT2D eigenvalue weighted by Gasteiger charge is -2.29. The molecule has 0 saturated heterocycles. The number of nitrogens with two attached hydrogens (primary N) is 1. The van der Waals surface area contributed by atoms with Crippen LogP contribution in [0.3, 0.4) is 0 Å². The number of halogens is 2. The summed E-state index contributed by atoms with van der Waals surface area (Å²) in [6.45, 7) is 2.45. The molecule has 17 heavy (non-hydrogen) atoms. The molecule has 0 radical (unpaired) electrons. The maximum atomic E-state index is 13.0. The zero-order chi connectivity index (χ0) is 12.9. The van der Waals surface area contributed by atoms with Gasteiger partial charge in [0, 0.05) is 23.7 Å². The summed E-state index contributed by atoms with van der Waals surface area (Å²) in [7, 11) is 0. The highest BCUT2D eigenvalue weighted by molar-refractivity contribution is 6.31. The Morgan fingerprint density at radius 2 is 2.24 bits per heavy atom. The zero-order valence-electron chi connectivity index (χ0n) is 9.75. The van der Waals surface area contributed by atoms with E-state index < -0.39 is 11.4 Å². The Bertz CT molecular complexity index is 376. The van der Waals surface area contributed by atoms with Crippen LogP contribution in [0.25, 0.3) is 0 Å². The third-order valence-electron chi connectivity index (χ3n) is 2.61. The second kappa shape index (κ2) is 6.31. The van der Waals surface area contributed by atoms with Gasteiger partial charge in [0.15, 0.2) is 0 Å². The van der Waals surface area contributed by atoms with Crippen LogP contribution in [0.5, 0.6) is 0 Å². The van der Waals surface area contributed by atoms with Crippen molar-refractivity contribution < 1.29 is 14.2 Å². The van der Waals surface area contributed by atoms with Gasteiger partial charge in [-0.2, -0.15) is 0 Å². The molecule has 0 aromatic heterocycles. The Hall–Kier alpha value is -0.680. The standard InChI is InChI=1S/C12H17ClFNO2/c1-12(8-15,17-6-2-5-16)10-4-3-9(14)7-11(10)13/h3-4,7,16H,2,5-6,8,15H2,1H3. The quantitative estimate of drug-likeness (QED) is 0.771. The van der Waals surface area contributed by atoms with Crippen LogP contribution in [-0.2, 0) is 10.3 Å². The minimum atomic E-state index is -0.764. The fourth-order valence-corrected chi connectivity index (χ4v) is 1.89. The van der Waals surface area contributed by atoms with Crippen molar-refractivity contribution >= 4 is 11.6 Å². The highest BCUT2D eigenvalue weighted by atomic mass is 35.5. The summed E-state index contributed by atoms with van der Waals surface area (Å²) in [4.78, 5) is 0. The maximum Gasteiger partial charge on any atom is 0.124 e. The summed E-state index contributed by atoms with van der Waals surface area (Å²) < 4.78 is 18.6. The summed E-state index contributed by atoms with van der Waals surface area (Å²) >= 11 is 5.98. The van der Waals surface area contributed by atoms with Crippen LogP contribution in [0.15, 0.2) is 18.2 Å². The summed E-state index contributed by atoms with van der Waals surface area (Å²) in [6, 6.07) is 4.13. The maximum absolute atomic E-state index is 13.0. The zero-order valence-corrected chi connectivity index (χ0v) is 10.5. The van der Waals surface area contributed by atoms with E-state index in [0.717, 1.165) is 0 Å². The van der Waals surface area contributed by atoms with Gasteiger partial charge in [-0.1, -0.05) is 17.7 Å². The lowest BCUT2D eigenvalue weighted by atomic mass is 9.95. The molecular weight excluding hydrogens is 245 g/mol. The van der Waals surface area contributed by atoms with Gasteiger partial charge in [0.25, 0.3) is 0 Å². The molecule has 0 aliphatic carbocycles. The van der Waals surface area contributed by atoms with E-state index in [2.05, 4.69) is 0 Å². The van der Waals surface area contributed by atoms with E-state index in [1.165, 1.54) is 12.1 Å². The second-order valence-corrected chi connectivity index (χ2v) is 4.39. The SMILES string of the molecule is CC(CN)(OCCCO)c1ccc(F)cc1Cl. The van der Waals surface area contributed by atoms with Gasteiger partial charge in [0.05, 0.1) is 6.61 Å². The number of rotatable bonds is 6. The molecule has 0 bridgehead atoms. The lowest BCUT2D eigenvalue weighted by molar-refractivity contribution is -0.0341. The number of aliphatic hydroxyl groups is 1. The van der Waals surface area contributed by atoms with E-state index in [9.17, 15) is 4.39 Å². The van der Waals surface area contributed by atoms with Crippen molar-refractivity contribution in [2.45, 2.75) is 18.9 Å². The minimum absolute atomic E-state index is 0.0534. The molecule has 96 valence electrons. The van der Waals surface area contributed by atoms with Gasteiger partial charge in [-0.3, -0.25) is 0 Å². The number of hydrogen-bond acceptors (Lipinski definition) is 3. The first-order valence-corrected chi connectivity index (χ1v) is 5.81. The van der Waals surface area contributed by atoms with Gasteiger partial charge in [-0.05, 0) is 25.5 Å². The summed E-state index contributed by atoms with van der Waals surface area (Å²) in [5, 5.41) is 9.00. The fourth-order valence-electron chi connectivity index (χ4n) is 1.53. The monoisotopic (exact) mass is 261 g/mol. The Morgan fingerprint density at radius 1 is 1.53 bits per heavy atom. The van der Waals surface area contributed by atoms with Crippen molar-refractivity contribution in [3.63, 3.8) is 0 Å². The molecule has 5 heteroatoms. The predicted molar refractivity (Wildman–Crippen MR) is 65.5 cm³/mol. The number of aliphatic hydroxyl groups excluding tert-OH is 1. The molecular formula is C12H17ClFNO2. The van der Waals surface area contributed by atoms with E-state index in [1.807, 2.05) is 0 Å². The van der Waals surface area contributed by atoms with Crippen molar-refractivity contribution in [2.24, 2.45) is 5.73 Å². The van der Waals surface area contributed by atoms with Crippen LogP contribution < -0.4 is 5.73 Å². The number of benzene rings is 1. The Kier molecular flexibility index (Phi) is 5.33. The molecule has 0 spiro atoms. The van der Waals surface area contributed by atoms with Crippen molar-refractivity contribution in [3.8, 4) is 0 Å². The Morgan fingerprint density at radius 3 is 2.76 bits per heavy atom. The van der Waals surface area contributed by atoms with E-state index >= 15 is 0 Å². The van der Waals surface area contributed by atoms with Gasteiger partial charge in [-0.25, -0.2) is 4.39 Å². The van der Waals surface area contributed by atoms with Gasteiger partial charge in [0.2, 0.25) is 0 Å². The highest BCUT2D eigenvalue weighted by Crippen LogP contribution is 2.31. The molecule has 0 amide bonds. The number of ether oxygens (including phenoxy) is 1. The van der Waals surface area contributed by atoms with E-state index in [-0.39, 0.29) is 13.2 Å². The largest absolute Gasteiger partial charge is 0.396 e. The van der Waals surface area contributed by atoms with Crippen molar-refractivity contribution in [1.29, 1.82) is 0 Å². The van der Waals surface area contributed by atoms with Crippen LogP contribution in [0, 0.1) is 5.82 Å². The fraction of sp³-hybridized carbons (Fsp3) is 0.500. The topological polar surface area (TPSA) is 55.5 Å². The predicted octanol–water partition coefficient (Wildman–Crippen LogP) is 2.05. The summed E-state index contributed by atoms with van der Waals surface area (Å²) in [5.74, 6) is -0.395. The Labute approximate surface area is 105 Å². The van der Waals surface area contributed by atoms with Crippen molar-refractivity contribution in [1.82, 2.24) is 0 Å². The molecule has 1 atom stereocenters. The van der Waals surface area contributed by atoms with Gasteiger partial charge in [0.1, 0.15) is 11.4 Å². The summed E-state index contributed by atoms with van der Waals surface area (Å²) in [5.41, 5.74) is 5.58. The van der Waals surface area contributed by atoms with E-state index in [4.69, 9.17) is 27.2 Å². The first kappa shape index (κ1) is 14.4. The third kappa shape index (κ3) is 3.64. The molecule has 1 aromatic carbocycles. The molecule has 1 rings (SSSR count). The van der Waals surface area contributed by atoms with Gasteiger partial charge < -0.3 is 15.6 Å². The average molecular weight is 262 g/mol. The van der Waals surface area contributed by atoms with Crippen LogP contribution in [-0.4, -0.2) is 24.9 Å². The normalized spacial score (nSPS) is 14.6. The molecule has 0 saturated carbocycles. The van der Waals surface area contributed by atoms with Crippen LogP contribution in [0.1, 0.15) is 18.9 Å². The molecule has 0 aliphatic rings. The molecule has 3 N–H and O–H groups in total.